The summed E-state index contributed by atoms with van der Waals surface area (Å²) in [5.41, 5.74) is 0. The van der Waals surface area contributed by atoms with Crippen LogP contribution in [0.25, 0.3) is 0 Å². The fourth-order valence-electron chi connectivity index (χ4n) is 2.46. The summed E-state index contributed by atoms with van der Waals surface area (Å²) in [6.45, 7) is 2.47. The molecule has 2 fully saturated rings. The Bertz CT molecular complexity index is 307. The summed E-state index contributed by atoms with van der Waals surface area (Å²) in [6.07, 6.45) is 3.23. The van der Waals surface area contributed by atoms with Crippen LogP contribution in [-0.4, -0.2) is 59.4 Å². The van der Waals surface area contributed by atoms with E-state index in [-0.39, 0.29) is 12.2 Å². The zero-order valence-corrected chi connectivity index (χ0v) is 10.5. The first-order valence-electron chi connectivity index (χ1n) is 6.60. The lowest BCUT2D eigenvalue weighted by atomic mass is 10.1. The third-order valence-electron chi connectivity index (χ3n) is 3.59. The first kappa shape index (κ1) is 13.0. The van der Waals surface area contributed by atoms with Gasteiger partial charge in [-0.3, -0.25) is 0 Å². The Morgan fingerprint density at radius 2 is 1.56 bits per heavy atom. The van der Waals surface area contributed by atoms with Gasteiger partial charge in [0.15, 0.2) is 0 Å². The Kier molecular flexibility index (Phi) is 4.28. The van der Waals surface area contributed by atoms with Crippen LogP contribution in [0.1, 0.15) is 32.1 Å². The number of carbonyl (C=O) groups excluding carboxylic acids is 1. The Hall–Kier alpha value is -1.46. The highest BCUT2D eigenvalue weighted by Gasteiger charge is 2.27. The van der Waals surface area contributed by atoms with Crippen molar-refractivity contribution in [1.29, 1.82) is 0 Å². The topological polar surface area (TPSA) is 70.1 Å². The molecule has 0 aliphatic carbocycles. The number of carboxylic acid groups (broad SMARTS) is 1. The predicted octanol–water partition coefficient (Wildman–Crippen LogP) is 1.75. The van der Waals surface area contributed by atoms with E-state index in [9.17, 15) is 9.59 Å². The van der Waals surface area contributed by atoms with Crippen LogP contribution >= 0.6 is 0 Å². The van der Waals surface area contributed by atoms with Gasteiger partial charge >= 0.3 is 12.2 Å². The van der Waals surface area contributed by atoms with Crippen LogP contribution in [0.3, 0.4) is 0 Å². The van der Waals surface area contributed by atoms with Crippen LogP contribution in [0, 0.1) is 0 Å². The van der Waals surface area contributed by atoms with E-state index in [0.29, 0.717) is 25.9 Å². The van der Waals surface area contributed by atoms with Gasteiger partial charge in [-0.2, -0.15) is 0 Å². The molecule has 6 heteroatoms. The first-order chi connectivity index (χ1) is 8.66. The molecule has 0 unspecified atom stereocenters. The standard InChI is InChI=1S/C12H20N2O4/c15-11(16)13-8-4-10(5-9-13)18-12(17)14-6-2-1-3-7-14/h10H,1-9H2,(H,15,16). The lowest BCUT2D eigenvalue weighted by molar-refractivity contribution is 0.0272. The van der Waals surface area contributed by atoms with Gasteiger partial charge in [0.1, 0.15) is 6.10 Å². The highest BCUT2D eigenvalue weighted by atomic mass is 16.6. The molecule has 0 aromatic carbocycles. The molecule has 0 saturated carbocycles. The monoisotopic (exact) mass is 256 g/mol. The third kappa shape index (κ3) is 3.27. The van der Waals surface area contributed by atoms with Crippen molar-refractivity contribution in [3.05, 3.63) is 0 Å². The van der Waals surface area contributed by atoms with E-state index >= 15 is 0 Å². The number of hydrogen-bond acceptors (Lipinski definition) is 3. The molecule has 2 rings (SSSR count). The molecule has 18 heavy (non-hydrogen) atoms. The van der Waals surface area contributed by atoms with Crippen molar-refractivity contribution in [2.75, 3.05) is 26.2 Å². The van der Waals surface area contributed by atoms with E-state index < -0.39 is 6.09 Å². The van der Waals surface area contributed by atoms with Crippen molar-refractivity contribution >= 4 is 12.2 Å². The van der Waals surface area contributed by atoms with E-state index in [0.717, 1.165) is 25.9 Å². The van der Waals surface area contributed by atoms with E-state index in [1.54, 1.807) is 4.90 Å². The molecular weight excluding hydrogens is 236 g/mol. The number of likely N-dealkylation sites (tertiary alicyclic amines) is 2. The second-order valence-corrected chi connectivity index (χ2v) is 4.90. The van der Waals surface area contributed by atoms with Gasteiger partial charge in [-0.25, -0.2) is 9.59 Å². The fourth-order valence-corrected chi connectivity index (χ4v) is 2.46. The zero-order valence-electron chi connectivity index (χ0n) is 10.5. The number of carbonyl (C=O) groups is 2. The van der Waals surface area contributed by atoms with E-state index in [1.165, 1.54) is 11.3 Å². The summed E-state index contributed by atoms with van der Waals surface area (Å²) in [4.78, 5) is 25.7. The van der Waals surface area contributed by atoms with Crippen LogP contribution in [-0.2, 0) is 4.74 Å². The molecule has 0 bridgehead atoms. The quantitative estimate of drug-likeness (QED) is 0.776. The number of piperidine rings is 2. The summed E-state index contributed by atoms with van der Waals surface area (Å²) >= 11 is 0. The van der Waals surface area contributed by atoms with E-state index in [1.807, 2.05) is 0 Å². The largest absolute Gasteiger partial charge is 0.465 e. The lowest BCUT2D eigenvalue weighted by Gasteiger charge is -2.32. The zero-order chi connectivity index (χ0) is 13.0. The Balaban J connectivity index is 1.73. The van der Waals surface area contributed by atoms with Gasteiger partial charge in [0.2, 0.25) is 0 Å². The third-order valence-corrected chi connectivity index (χ3v) is 3.59. The number of rotatable bonds is 1. The molecular formula is C12H20N2O4. The number of hydrogen-bond donors (Lipinski definition) is 1. The average Bonchev–Trinajstić information content (AvgIpc) is 2.40. The molecule has 0 radical (unpaired) electrons. The molecule has 2 amide bonds. The molecule has 0 aromatic rings. The molecule has 2 aliphatic rings. The van der Waals surface area contributed by atoms with Crippen LogP contribution in [0.2, 0.25) is 0 Å². The molecule has 0 aromatic heterocycles. The Labute approximate surface area is 106 Å². The highest BCUT2D eigenvalue weighted by molar-refractivity contribution is 5.68. The number of nitrogens with zero attached hydrogens (tertiary/aromatic N) is 2. The maximum Gasteiger partial charge on any atom is 0.410 e. The SMILES string of the molecule is O=C(O)N1CCC(OC(=O)N2CCCCC2)CC1. The fraction of sp³-hybridized carbons (Fsp3) is 0.833. The van der Waals surface area contributed by atoms with Crippen molar-refractivity contribution in [3.63, 3.8) is 0 Å². The summed E-state index contributed by atoms with van der Waals surface area (Å²) in [5.74, 6) is 0. The molecule has 2 saturated heterocycles. The van der Waals surface area contributed by atoms with Gasteiger partial charge in [-0.1, -0.05) is 0 Å². The first-order valence-corrected chi connectivity index (χ1v) is 6.60. The van der Waals surface area contributed by atoms with Gasteiger partial charge in [0.25, 0.3) is 0 Å². The second-order valence-electron chi connectivity index (χ2n) is 4.90. The number of ether oxygens (including phenoxy) is 1. The molecule has 6 nitrogen and oxygen atoms in total. The van der Waals surface area contributed by atoms with Crippen LogP contribution in [0.4, 0.5) is 9.59 Å². The van der Waals surface area contributed by atoms with Crippen molar-refractivity contribution < 1.29 is 19.4 Å². The van der Waals surface area contributed by atoms with Crippen LogP contribution in [0.15, 0.2) is 0 Å². The molecule has 0 spiro atoms. The molecule has 2 heterocycles. The normalized spacial score (nSPS) is 21.8. The smallest absolute Gasteiger partial charge is 0.410 e. The van der Waals surface area contributed by atoms with Gasteiger partial charge in [0.05, 0.1) is 0 Å². The van der Waals surface area contributed by atoms with Crippen molar-refractivity contribution in [2.24, 2.45) is 0 Å². The lowest BCUT2D eigenvalue weighted by Crippen LogP contribution is -2.43. The van der Waals surface area contributed by atoms with E-state index in [2.05, 4.69) is 0 Å². The maximum atomic E-state index is 11.9. The minimum atomic E-state index is -0.893. The molecule has 2 aliphatic heterocycles. The average molecular weight is 256 g/mol. The summed E-state index contributed by atoms with van der Waals surface area (Å²) in [5, 5.41) is 8.82. The Morgan fingerprint density at radius 1 is 0.944 bits per heavy atom. The summed E-state index contributed by atoms with van der Waals surface area (Å²) in [7, 11) is 0. The van der Waals surface area contributed by atoms with Crippen molar-refractivity contribution in [2.45, 2.75) is 38.2 Å². The van der Waals surface area contributed by atoms with E-state index in [4.69, 9.17) is 9.84 Å². The van der Waals surface area contributed by atoms with Gasteiger partial charge in [-0.05, 0) is 19.3 Å². The predicted molar refractivity (Wildman–Crippen MR) is 64.5 cm³/mol. The summed E-state index contributed by atoms with van der Waals surface area (Å²) < 4.78 is 5.43. The van der Waals surface area contributed by atoms with Crippen molar-refractivity contribution in [3.8, 4) is 0 Å². The highest BCUT2D eigenvalue weighted by Crippen LogP contribution is 2.17. The maximum absolute atomic E-state index is 11.9. The minimum Gasteiger partial charge on any atom is -0.465 e. The van der Waals surface area contributed by atoms with Crippen LogP contribution < -0.4 is 0 Å². The van der Waals surface area contributed by atoms with Crippen molar-refractivity contribution in [1.82, 2.24) is 9.80 Å². The summed E-state index contributed by atoms with van der Waals surface area (Å²) in [6, 6.07) is 0. The molecule has 0 atom stereocenters. The van der Waals surface area contributed by atoms with Gasteiger partial charge in [0, 0.05) is 39.0 Å². The van der Waals surface area contributed by atoms with Gasteiger partial charge in [-0.15, -0.1) is 0 Å². The second kappa shape index (κ2) is 5.93. The molecule has 102 valence electrons. The number of amides is 2. The van der Waals surface area contributed by atoms with Crippen LogP contribution in [0.5, 0.6) is 0 Å². The minimum absolute atomic E-state index is 0.130. The Morgan fingerprint density at radius 3 is 2.11 bits per heavy atom. The van der Waals surface area contributed by atoms with Gasteiger partial charge < -0.3 is 19.6 Å². The molecule has 1 N–H and O–H groups in total.